The lowest BCUT2D eigenvalue weighted by atomic mass is 9.76. The van der Waals surface area contributed by atoms with Crippen LogP contribution in [0.15, 0.2) is 48.5 Å². The SMILES string of the molecule is CCC[C@@H](NC(=O)OCC1c2ccccc2-c2ccccc21)C(=O)N1CCC(CC)(C(=O)O)CC1. The molecule has 186 valence electrons. The normalized spacial score (nSPS) is 17.3. The molecule has 0 aromatic heterocycles. The van der Waals surface area contributed by atoms with Gasteiger partial charge < -0.3 is 20.1 Å². The number of carbonyl (C=O) groups excluding carboxylic acids is 2. The van der Waals surface area contributed by atoms with Crippen molar-refractivity contribution in [1.82, 2.24) is 10.2 Å². The molecule has 2 aromatic carbocycles. The quantitative estimate of drug-likeness (QED) is 0.568. The fourth-order valence-corrected chi connectivity index (χ4v) is 5.42. The van der Waals surface area contributed by atoms with Gasteiger partial charge in [-0.3, -0.25) is 9.59 Å². The maximum atomic E-state index is 13.2. The van der Waals surface area contributed by atoms with E-state index in [4.69, 9.17) is 4.74 Å². The number of hydrogen-bond acceptors (Lipinski definition) is 4. The van der Waals surface area contributed by atoms with Gasteiger partial charge in [0.25, 0.3) is 0 Å². The molecule has 2 amide bonds. The fraction of sp³-hybridized carbons (Fsp3) is 0.464. The first-order valence-corrected chi connectivity index (χ1v) is 12.5. The third-order valence-electron chi connectivity index (χ3n) is 7.67. The van der Waals surface area contributed by atoms with Crippen LogP contribution in [0.4, 0.5) is 4.79 Å². The molecule has 1 atom stereocenters. The van der Waals surface area contributed by atoms with Crippen LogP contribution in [0, 0.1) is 5.41 Å². The highest BCUT2D eigenvalue weighted by atomic mass is 16.5. The van der Waals surface area contributed by atoms with Crippen LogP contribution in [0.1, 0.15) is 63.0 Å². The highest BCUT2D eigenvalue weighted by Gasteiger charge is 2.41. The van der Waals surface area contributed by atoms with Crippen molar-refractivity contribution in [1.29, 1.82) is 0 Å². The lowest BCUT2D eigenvalue weighted by Gasteiger charge is -2.39. The number of hydrogen-bond donors (Lipinski definition) is 2. The molecular formula is C28H34N2O5. The number of nitrogens with zero attached hydrogens (tertiary/aromatic N) is 1. The van der Waals surface area contributed by atoms with E-state index in [-0.39, 0.29) is 18.4 Å². The Morgan fingerprint density at radius 3 is 2.11 bits per heavy atom. The van der Waals surface area contributed by atoms with Crippen molar-refractivity contribution in [2.45, 2.75) is 57.9 Å². The van der Waals surface area contributed by atoms with E-state index in [0.29, 0.717) is 38.8 Å². The fourth-order valence-electron chi connectivity index (χ4n) is 5.42. The Balaban J connectivity index is 1.38. The largest absolute Gasteiger partial charge is 0.481 e. The molecule has 0 spiro atoms. The number of fused-ring (bicyclic) bond motifs is 3. The summed E-state index contributed by atoms with van der Waals surface area (Å²) in [5.41, 5.74) is 3.82. The minimum Gasteiger partial charge on any atom is -0.481 e. The zero-order valence-electron chi connectivity index (χ0n) is 20.5. The summed E-state index contributed by atoms with van der Waals surface area (Å²) < 4.78 is 5.64. The first-order chi connectivity index (χ1) is 16.9. The van der Waals surface area contributed by atoms with Gasteiger partial charge in [-0.15, -0.1) is 0 Å². The van der Waals surface area contributed by atoms with Crippen LogP contribution in [0.2, 0.25) is 0 Å². The van der Waals surface area contributed by atoms with E-state index in [1.807, 2.05) is 38.1 Å². The van der Waals surface area contributed by atoms with Gasteiger partial charge in [-0.1, -0.05) is 68.8 Å². The molecule has 1 heterocycles. The number of carboxylic acid groups (broad SMARTS) is 1. The van der Waals surface area contributed by atoms with Gasteiger partial charge in [0.05, 0.1) is 5.41 Å². The monoisotopic (exact) mass is 478 g/mol. The second kappa shape index (κ2) is 10.5. The molecule has 1 aliphatic heterocycles. The van der Waals surface area contributed by atoms with E-state index in [9.17, 15) is 19.5 Å². The number of alkyl carbamates (subject to hydrolysis) is 1. The second-order valence-corrected chi connectivity index (χ2v) is 9.58. The minimum atomic E-state index is -0.797. The molecule has 0 unspecified atom stereocenters. The Morgan fingerprint density at radius 1 is 1.03 bits per heavy atom. The van der Waals surface area contributed by atoms with E-state index in [2.05, 4.69) is 29.6 Å². The van der Waals surface area contributed by atoms with Crippen LogP contribution in [-0.4, -0.2) is 53.7 Å². The predicted molar refractivity (Wildman–Crippen MR) is 133 cm³/mol. The molecule has 4 rings (SSSR count). The first-order valence-electron chi connectivity index (χ1n) is 12.5. The van der Waals surface area contributed by atoms with Gasteiger partial charge in [0.1, 0.15) is 12.6 Å². The van der Waals surface area contributed by atoms with Crippen LogP contribution < -0.4 is 5.32 Å². The van der Waals surface area contributed by atoms with E-state index >= 15 is 0 Å². The van der Waals surface area contributed by atoms with Crippen molar-refractivity contribution in [3.8, 4) is 11.1 Å². The van der Waals surface area contributed by atoms with Gasteiger partial charge in [0.15, 0.2) is 0 Å². The number of piperidine rings is 1. The van der Waals surface area contributed by atoms with Crippen molar-refractivity contribution in [3.63, 3.8) is 0 Å². The number of ether oxygens (including phenoxy) is 1. The summed E-state index contributed by atoms with van der Waals surface area (Å²) in [7, 11) is 0. The summed E-state index contributed by atoms with van der Waals surface area (Å²) in [5.74, 6) is -1.02. The summed E-state index contributed by atoms with van der Waals surface area (Å²) in [5, 5.41) is 12.4. The molecule has 35 heavy (non-hydrogen) atoms. The third kappa shape index (κ3) is 4.90. The molecule has 2 N–H and O–H groups in total. The maximum absolute atomic E-state index is 13.2. The van der Waals surface area contributed by atoms with Crippen LogP contribution in [0.5, 0.6) is 0 Å². The first kappa shape index (κ1) is 24.8. The highest BCUT2D eigenvalue weighted by molar-refractivity contribution is 5.86. The van der Waals surface area contributed by atoms with Crippen LogP contribution in [-0.2, 0) is 14.3 Å². The highest BCUT2D eigenvalue weighted by Crippen LogP contribution is 2.44. The number of likely N-dealkylation sites (tertiary alicyclic amines) is 1. The molecule has 2 aromatic rings. The summed E-state index contributed by atoms with van der Waals surface area (Å²) in [6.07, 6.45) is 2.01. The van der Waals surface area contributed by atoms with Crippen molar-refractivity contribution in [3.05, 3.63) is 59.7 Å². The minimum absolute atomic E-state index is 0.0474. The average molecular weight is 479 g/mol. The Kier molecular flexibility index (Phi) is 7.43. The van der Waals surface area contributed by atoms with E-state index in [0.717, 1.165) is 28.7 Å². The van der Waals surface area contributed by atoms with Gasteiger partial charge in [-0.05, 0) is 47.9 Å². The molecule has 7 heteroatoms. The zero-order valence-corrected chi connectivity index (χ0v) is 20.5. The van der Waals surface area contributed by atoms with Gasteiger partial charge in [-0.25, -0.2) is 4.79 Å². The van der Waals surface area contributed by atoms with Gasteiger partial charge in [0.2, 0.25) is 5.91 Å². The van der Waals surface area contributed by atoms with Gasteiger partial charge in [0, 0.05) is 19.0 Å². The zero-order chi connectivity index (χ0) is 25.0. The molecule has 0 radical (unpaired) electrons. The van der Waals surface area contributed by atoms with Crippen LogP contribution in [0.25, 0.3) is 11.1 Å². The second-order valence-electron chi connectivity index (χ2n) is 9.58. The molecule has 0 bridgehead atoms. The Hall–Kier alpha value is -3.35. The van der Waals surface area contributed by atoms with E-state index in [1.54, 1.807) is 4.90 Å². The summed E-state index contributed by atoms with van der Waals surface area (Å²) >= 11 is 0. The van der Waals surface area contributed by atoms with Crippen molar-refractivity contribution in [2.24, 2.45) is 5.41 Å². The Bertz CT molecular complexity index is 1040. The number of benzene rings is 2. The molecule has 2 aliphatic rings. The smallest absolute Gasteiger partial charge is 0.407 e. The summed E-state index contributed by atoms with van der Waals surface area (Å²) in [6, 6.07) is 15.6. The van der Waals surface area contributed by atoms with Crippen LogP contribution >= 0.6 is 0 Å². The Labute approximate surface area is 206 Å². The number of rotatable bonds is 8. The molecule has 7 nitrogen and oxygen atoms in total. The lowest BCUT2D eigenvalue weighted by Crippen LogP contribution is -2.53. The topological polar surface area (TPSA) is 95.9 Å². The number of nitrogens with one attached hydrogen (secondary N) is 1. The van der Waals surface area contributed by atoms with Gasteiger partial charge in [-0.2, -0.15) is 0 Å². The van der Waals surface area contributed by atoms with Crippen molar-refractivity contribution < 1.29 is 24.2 Å². The lowest BCUT2D eigenvalue weighted by molar-refractivity contribution is -0.155. The number of aliphatic carboxylic acids is 1. The maximum Gasteiger partial charge on any atom is 0.407 e. The van der Waals surface area contributed by atoms with Crippen molar-refractivity contribution >= 4 is 18.0 Å². The number of amides is 2. The Morgan fingerprint density at radius 2 is 1.60 bits per heavy atom. The van der Waals surface area contributed by atoms with E-state index < -0.39 is 23.5 Å². The van der Waals surface area contributed by atoms with Crippen LogP contribution in [0.3, 0.4) is 0 Å². The molecule has 1 aliphatic carbocycles. The summed E-state index contributed by atoms with van der Waals surface area (Å²) in [4.78, 5) is 39.3. The van der Waals surface area contributed by atoms with E-state index in [1.165, 1.54) is 0 Å². The summed E-state index contributed by atoms with van der Waals surface area (Å²) in [6.45, 7) is 4.79. The molecular weight excluding hydrogens is 444 g/mol. The molecule has 0 saturated carbocycles. The van der Waals surface area contributed by atoms with Gasteiger partial charge >= 0.3 is 12.1 Å². The van der Waals surface area contributed by atoms with Crippen molar-refractivity contribution in [2.75, 3.05) is 19.7 Å². The number of carboxylic acids is 1. The standard InChI is InChI=1S/C28H34N2O5/c1-3-9-24(25(31)30-16-14-28(4-2,15-17-30)26(32)33)29-27(34)35-18-23-21-12-7-5-10-19(21)20-11-6-8-13-22(20)23/h5-8,10-13,23-24H,3-4,9,14-18H2,1-2H3,(H,29,34)(H,32,33)/t24-/m1/s1. The predicted octanol–water partition coefficient (Wildman–Crippen LogP) is 4.80. The molecule has 1 fully saturated rings. The molecule has 1 saturated heterocycles. The number of carbonyl (C=O) groups is 3. The third-order valence-corrected chi connectivity index (χ3v) is 7.67. The average Bonchev–Trinajstić information content (AvgIpc) is 3.20.